The van der Waals surface area contributed by atoms with Crippen molar-refractivity contribution in [1.29, 1.82) is 0 Å². The van der Waals surface area contributed by atoms with Crippen molar-refractivity contribution in [1.82, 2.24) is 9.80 Å². The molecular formula is C13H25N3O3. The number of amides is 2. The Balaban J connectivity index is 2.45. The third kappa shape index (κ3) is 4.70. The maximum Gasteiger partial charge on any atom is 0.410 e. The zero-order valence-corrected chi connectivity index (χ0v) is 12.3. The number of hydrogen-bond donors (Lipinski definition) is 1. The summed E-state index contributed by atoms with van der Waals surface area (Å²) in [5.74, 6) is -0.0978. The van der Waals surface area contributed by atoms with E-state index in [0.29, 0.717) is 32.7 Å². The molecule has 2 N–H and O–H groups in total. The number of ether oxygens (including phenoxy) is 1. The topological polar surface area (TPSA) is 75.9 Å². The first-order chi connectivity index (χ1) is 8.74. The Kier molecular flexibility index (Phi) is 5.17. The van der Waals surface area contributed by atoms with Crippen LogP contribution in [0.15, 0.2) is 0 Å². The number of nitrogens with two attached hydrogens (primary N) is 1. The molecule has 0 bridgehead atoms. The molecule has 0 aromatic heterocycles. The fourth-order valence-electron chi connectivity index (χ4n) is 1.85. The molecule has 110 valence electrons. The SMILES string of the molecule is CC(CN)C(=O)N1CCN(C(=O)OC(C)(C)C)CC1. The standard InChI is InChI=1S/C13H25N3O3/c1-10(9-14)11(17)15-5-7-16(8-6-15)12(18)19-13(2,3)4/h10H,5-9,14H2,1-4H3. The van der Waals surface area contributed by atoms with Crippen LogP contribution in [-0.4, -0.2) is 60.1 Å². The summed E-state index contributed by atoms with van der Waals surface area (Å²) in [5.41, 5.74) is 5.00. The van der Waals surface area contributed by atoms with Crippen molar-refractivity contribution >= 4 is 12.0 Å². The minimum absolute atomic E-state index is 0.0614. The van der Waals surface area contributed by atoms with Crippen molar-refractivity contribution in [2.24, 2.45) is 11.7 Å². The highest BCUT2D eigenvalue weighted by Crippen LogP contribution is 2.12. The van der Waals surface area contributed by atoms with Gasteiger partial charge in [-0.15, -0.1) is 0 Å². The monoisotopic (exact) mass is 271 g/mol. The van der Waals surface area contributed by atoms with Crippen LogP contribution in [0.3, 0.4) is 0 Å². The van der Waals surface area contributed by atoms with Gasteiger partial charge in [-0.1, -0.05) is 6.92 Å². The molecule has 6 heteroatoms. The summed E-state index contributed by atoms with van der Waals surface area (Å²) in [6.07, 6.45) is -0.313. The zero-order chi connectivity index (χ0) is 14.6. The van der Waals surface area contributed by atoms with E-state index in [4.69, 9.17) is 10.5 Å². The van der Waals surface area contributed by atoms with Crippen LogP contribution in [0.5, 0.6) is 0 Å². The lowest BCUT2D eigenvalue weighted by Crippen LogP contribution is -2.53. The number of piperazine rings is 1. The van der Waals surface area contributed by atoms with Crippen LogP contribution in [0.2, 0.25) is 0 Å². The summed E-state index contributed by atoms with van der Waals surface area (Å²) in [6, 6.07) is 0. The Labute approximate surface area is 114 Å². The van der Waals surface area contributed by atoms with Gasteiger partial charge >= 0.3 is 6.09 Å². The van der Waals surface area contributed by atoms with Gasteiger partial charge in [0, 0.05) is 38.6 Å². The lowest BCUT2D eigenvalue weighted by atomic mass is 10.1. The van der Waals surface area contributed by atoms with E-state index in [1.54, 1.807) is 9.80 Å². The first-order valence-corrected chi connectivity index (χ1v) is 6.71. The first-order valence-electron chi connectivity index (χ1n) is 6.71. The van der Waals surface area contributed by atoms with Gasteiger partial charge in [-0.05, 0) is 20.8 Å². The molecule has 2 amide bonds. The van der Waals surface area contributed by atoms with Gasteiger partial charge in [0.15, 0.2) is 0 Å². The minimum Gasteiger partial charge on any atom is -0.444 e. The van der Waals surface area contributed by atoms with Gasteiger partial charge < -0.3 is 20.3 Å². The van der Waals surface area contributed by atoms with Gasteiger partial charge in [-0.25, -0.2) is 4.79 Å². The molecule has 19 heavy (non-hydrogen) atoms. The van der Waals surface area contributed by atoms with E-state index in [-0.39, 0.29) is 17.9 Å². The molecule has 1 unspecified atom stereocenters. The van der Waals surface area contributed by atoms with Crippen LogP contribution in [0.25, 0.3) is 0 Å². The summed E-state index contributed by atoms with van der Waals surface area (Å²) < 4.78 is 5.31. The summed E-state index contributed by atoms with van der Waals surface area (Å²) in [7, 11) is 0. The molecule has 1 aliphatic rings. The molecule has 1 heterocycles. The molecule has 1 aliphatic heterocycles. The lowest BCUT2D eigenvalue weighted by molar-refractivity contribution is -0.136. The molecule has 1 saturated heterocycles. The summed E-state index contributed by atoms with van der Waals surface area (Å²) in [6.45, 7) is 9.81. The van der Waals surface area contributed by atoms with Gasteiger partial charge in [-0.2, -0.15) is 0 Å². The number of rotatable bonds is 2. The molecule has 1 rings (SSSR count). The molecule has 1 atom stereocenters. The first kappa shape index (κ1) is 15.8. The van der Waals surface area contributed by atoms with E-state index >= 15 is 0 Å². The van der Waals surface area contributed by atoms with E-state index in [1.165, 1.54) is 0 Å². The second kappa shape index (κ2) is 6.23. The molecule has 1 fully saturated rings. The highest BCUT2D eigenvalue weighted by molar-refractivity contribution is 5.79. The summed E-state index contributed by atoms with van der Waals surface area (Å²) in [4.78, 5) is 27.2. The summed E-state index contributed by atoms with van der Waals surface area (Å²) in [5, 5.41) is 0. The molecule has 0 spiro atoms. The fraction of sp³-hybridized carbons (Fsp3) is 0.846. The fourth-order valence-corrected chi connectivity index (χ4v) is 1.85. The molecule has 0 saturated carbocycles. The van der Waals surface area contributed by atoms with Gasteiger partial charge in [0.1, 0.15) is 5.60 Å². The van der Waals surface area contributed by atoms with Crippen LogP contribution in [0, 0.1) is 5.92 Å². The Morgan fingerprint density at radius 1 is 1.16 bits per heavy atom. The predicted molar refractivity (Wildman–Crippen MR) is 72.6 cm³/mol. The average molecular weight is 271 g/mol. The quantitative estimate of drug-likeness (QED) is 0.800. The van der Waals surface area contributed by atoms with Crippen LogP contribution in [0.4, 0.5) is 4.79 Å². The third-order valence-electron chi connectivity index (χ3n) is 3.02. The molecule has 0 aromatic carbocycles. The van der Waals surface area contributed by atoms with E-state index in [1.807, 2.05) is 27.7 Å². The Bertz CT molecular complexity index is 331. The highest BCUT2D eigenvalue weighted by Gasteiger charge is 2.28. The van der Waals surface area contributed by atoms with Crippen molar-refractivity contribution in [3.63, 3.8) is 0 Å². The number of carbonyl (C=O) groups is 2. The van der Waals surface area contributed by atoms with Crippen LogP contribution in [0.1, 0.15) is 27.7 Å². The van der Waals surface area contributed by atoms with E-state index < -0.39 is 5.60 Å². The van der Waals surface area contributed by atoms with Crippen LogP contribution in [-0.2, 0) is 9.53 Å². The maximum atomic E-state index is 11.9. The molecular weight excluding hydrogens is 246 g/mol. The second-order valence-corrected chi connectivity index (χ2v) is 5.93. The third-order valence-corrected chi connectivity index (χ3v) is 3.02. The average Bonchev–Trinajstić information content (AvgIpc) is 2.35. The number of carbonyl (C=O) groups excluding carboxylic acids is 2. The smallest absolute Gasteiger partial charge is 0.410 e. The Morgan fingerprint density at radius 3 is 2.05 bits per heavy atom. The van der Waals surface area contributed by atoms with Gasteiger partial charge in [0.25, 0.3) is 0 Å². The molecule has 6 nitrogen and oxygen atoms in total. The second-order valence-electron chi connectivity index (χ2n) is 5.93. The Morgan fingerprint density at radius 2 is 1.63 bits per heavy atom. The van der Waals surface area contributed by atoms with E-state index in [9.17, 15) is 9.59 Å². The van der Waals surface area contributed by atoms with Crippen LogP contribution >= 0.6 is 0 Å². The van der Waals surface area contributed by atoms with Crippen LogP contribution < -0.4 is 5.73 Å². The van der Waals surface area contributed by atoms with Crippen molar-refractivity contribution in [3.8, 4) is 0 Å². The molecule has 0 aliphatic carbocycles. The normalized spacial score (nSPS) is 18.2. The zero-order valence-electron chi connectivity index (χ0n) is 12.3. The number of nitrogens with zero attached hydrogens (tertiary/aromatic N) is 2. The van der Waals surface area contributed by atoms with Crippen molar-refractivity contribution in [2.75, 3.05) is 32.7 Å². The lowest BCUT2D eigenvalue weighted by Gasteiger charge is -2.36. The van der Waals surface area contributed by atoms with Gasteiger partial charge in [0.05, 0.1) is 0 Å². The maximum absolute atomic E-state index is 11.9. The summed E-state index contributed by atoms with van der Waals surface area (Å²) >= 11 is 0. The van der Waals surface area contributed by atoms with Crippen molar-refractivity contribution in [3.05, 3.63) is 0 Å². The van der Waals surface area contributed by atoms with Gasteiger partial charge in [0.2, 0.25) is 5.91 Å². The van der Waals surface area contributed by atoms with E-state index in [0.717, 1.165) is 0 Å². The highest BCUT2D eigenvalue weighted by atomic mass is 16.6. The van der Waals surface area contributed by atoms with E-state index in [2.05, 4.69) is 0 Å². The molecule has 0 aromatic rings. The van der Waals surface area contributed by atoms with Crippen molar-refractivity contribution in [2.45, 2.75) is 33.3 Å². The number of hydrogen-bond acceptors (Lipinski definition) is 4. The van der Waals surface area contributed by atoms with Crippen molar-refractivity contribution < 1.29 is 14.3 Å². The predicted octanol–water partition coefficient (Wildman–Crippen LogP) is 0.661. The minimum atomic E-state index is -0.488. The Hall–Kier alpha value is -1.30. The van der Waals surface area contributed by atoms with Gasteiger partial charge in [-0.3, -0.25) is 4.79 Å². The largest absolute Gasteiger partial charge is 0.444 e. The molecule has 0 radical (unpaired) electrons.